The number of phenols is 2. The van der Waals surface area contributed by atoms with Crippen LogP contribution in [-0.4, -0.2) is 33.4 Å². The van der Waals surface area contributed by atoms with Gasteiger partial charge < -0.3 is 31.0 Å². The van der Waals surface area contributed by atoms with E-state index in [0.717, 1.165) is 64.8 Å². The standard InChI is InChI=1S/C51H53N3O5/c1-34(15-16-35-10-5-3-6-11-35)9-4-2-7-13-40(55)20-17-36-19-22-48(57)50(30-36)59-28-25-37-18-21-47(56)45(29-37)44-33-49(58)41-24-27-53-46(41)14-8-12-38-32-43-39(31-42(38)44)23-26-54-51(43)52/h3,5-7,10-11,13,18-19,21-24,26-27,29-32,34,44,51,53-54,56-57H,2,4,9,14-17,20,25,28,33,52H2,1H3. The summed E-state index contributed by atoms with van der Waals surface area (Å²) in [6.07, 6.45) is 16.1. The number of rotatable bonds is 16. The van der Waals surface area contributed by atoms with Crippen molar-refractivity contribution in [3.05, 3.63) is 165 Å². The highest BCUT2D eigenvalue weighted by molar-refractivity contribution is 5.98. The number of hydrogen-bond acceptors (Lipinski definition) is 7. The van der Waals surface area contributed by atoms with E-state index in [-0.39, 0.29) is 42.3 Å². The fourth-order valence-electron chi connectivity index (χ4n) is 8.01. The molecule has 0 fully saturated rings. The molecule has 8 nitrogen and oxygen atoms in total. The second kappa shape index (κ2) is 19.4. The Kier molecular flexibility index (Phi) is 13.5. The first kappa shape index (κ1) is 40.9. The predicted octanol–water partition coefficient (Wildman–Crippen LogP) is 9.39. The van der Waals surface area contributed by atoms with E-state index >= 15 is 0 Å². The van der Waals surface area contributed by atoms with Crippen molar-refractivity contribution in [3.8, 4) is 29.1 Å². The normalized spacial score (nSPS) is 16.3. The fraction of sp³-hybridized carbons (Fsp3) is 0.294. The van der Waals surface area contributed by atoms with E-state index in [4.69, 9.17) is 10.5 Å². The number of H-pyrrole nitrogens is 1. The summed E-state index contributed by atoms with van der Waals surface area (Å²) in [4.78, 5) is 29.7. The molecular weight excluding hydrogens is 735 g/mol. The number of carbonyl (C=O) groups excluding carboxylic acids is 2. The van der Waals surface area contributed by atoms with Crippen LogP contribution < -0.4 is 15.8 Å². The summed E-state index contributed by atoms with van der Waals surface area (Å²) in [5.41, 5.74) is 15.0. The molecule has 0 saturated carbocycles. The number of aromatic nitrogens is 1. The van der Waals surface area contributed by atoms with Gasteiger partial charge in [0.05, 0.1) is 13.0 Å². The number of ether oxygens (including phenoxy) is 1. The minimum atomic E-state index is -0.490. The Morgan fingerprint density at radius 2 is 1.73 bits per heavy atom. The smallest absolute Gasteiger partial charge is 0.165 e. The summed E-state index contributed by atoms with van der Waals surface area (Å²) in [6.45, 7) is 2.56. The van der Waals surface area contributed by atoms with Gasteiger partial charge in [0.1, 0.15) is 11.9 Å². The minimum absolute atomic E-state index is 0.0264. The second-order valence-corrected chi connectivity index (χ2v) is 15.8. The molecule has 4 aromatic carbocycles. The van der Waals surface area contributed by atoms with E-state index in [1.165, 1.54) is 12.0 Å². The van der Waals surface area contributed by atoms with Crippen molar-refractivity contribution in [1.82, 2.24) is 10.3 Å². The van der Waals surface area contributed by atoms with Gasteiger partial charge in [-0.25, -0.2) is 0 Å². The molecule has 0 spiro atoms. The first-order chi connectivity index (χ1) is 28.7. The van der Waals surface area contributed by atoms with E-state index in [0.29, 0.717) is 48.5 Å². The molecule has 1 aromatic heterocycles. The van der Waals surface area contributed by atoms with Gasteiger partial charge in [-0.15, -0.1) is 0 Å². The number of nitrogens with one attached hydrogen (secondary N) is 2. The zero-order valence-corrected chi connectivity index (χ0v) is 33.7. The lowest BCUT2D eigenvalue weighted by atomic mass is 9.80. The quantitative estimate of drug-likeness (QED) is 0.0382. The van der Waals surface area contributed by atoms with Crippen LogP contribution in [0.1, 0.15) is 118 Å². The molecule has 302 valence electrons. The first-order valence-electron chi connectivity index (χ1n) is 20.8. The Hall–Kier alpha value is -6.30. The van der Waals surface area contributed by atoms with Gasteiger partial charge in [-0.3, -0.25) is 9.59 Å². The third kappa shape index (κ3) is 10.6. The van der Waals surface area contributed by atoms with Crippen molar-refractivity contribution < 1.29 is 24.5 Å². The van der Waals surface area contributed by atoms with Gasteiger partial charge in [0.15, 0.2) is 23.1 Å². The van der Waals surface area contributed by atoms with Crippen LogP contribution >= 0.6 is 0 Å². The molecule has 59 heavy (non-hydrogen) atoms. The van der Waals surface area contributed by atoms with Crippen molar-refractivity contribution in [3.63, 3.8) is 0 Å². The number of aromatic amines is 1. The molecule has 2 heterocycles. The molecule has 1 aliphatic heterocycles. The van der Waals surface area contributed by atoms with Crippen LogP contribution in [0.15, 0.2) is 109 Å². The van der Waals surface area contributed by atoms with Crippen LogP contribution in [0.25, 0.3) is 6.08 Å². The Morgan fingerprint density at radius 1 is 0.915 bits per heavy atom. The SMILES string of the molecule is CC(CCCC=CC(=O)CCc1ccc(O)c(OCCc2ccc(O)c(C3CC(=O)c4cc[nH]c4CC#Cc4cc5c(cc43)C=CNC5N)c2)c1)CCc1ccccc1. The van der Waals surface area contributed by atoms with Gasteiger partial charge in [0.25, 0.3) is 0 Å². The van der Waals surface area contributed by atoms with Gasteiger partial charge in [-0.05, 0) is 126 Å². The lowest BCUT2D eigenvalue weighted by Crippen LogP contribution is -2.27. The van der Waals surface area contributed by atoms with E-state index in [1.54, 1.807) is 36.5 Å². The molecule has 0 amide bonds. The molecule has 6 N–H and O–H groups in total. The zero-order chi connectivity index (χ0) is 41.1. The van der Waals surface area contributed by atoms with E-state index in [9.17, 15) is 19.8 Å². The Labute approximate surface area is 347 Å². The van der Waals surface area contributed by atoms with Crippen LogP contribution in [0.3, 0.4) is 0 Å². The Balaban J connectivity index is 0.967. The summed E-state index contributed by atoms with van der Waals surface area (Å²) in [5.74, 6) is 7.26. The number of aromatic hydroxyl groups is 2. The van der Waals surface area contributed by atoms with E-state index in [2.05, 4.69) is 59.4 Å². The lowest BCUT2D eigenvalue weighted by Gasteiger charge is -2.26. The maximum atomic E-state index is 13.9. The number of aryl methyl sites for hydroxylation is 2. The van der Waals surface area contributed by atoms with Gasteiger partial charge in [-0.2, -0.15) is 0 Å². The van der Waals surface area contributed by atoms with Crippen molar-refractivity contribution in [2.24, 2.45) is 11.7 Å². The van der Waals surface area contributed by atoms with Crippen molar-refractivity contribution >= 4 is 17.6 Å². The summed E-state index contributed by atoms with van der Waals surface area (Å²) in [6, 6.07) is 27.1. The molecular formula is C51H53N3O5. The minimum Gasteiger partial charge on any atom is -0.508 e. The number of nitrogens with two attached hydrogens (primary N) is 1. The molecule has 0 saturated heterocycles. The van der Waals surface area contributed by atoms with Crippen molar-refractivity contribution in [2.45, 2.75) is 83.2 Å². The predicted molar refractivity (Wildman–Crippen MR) is 233 cm³/mol. The van der Waals surface area contributed by atoms with Crippen LogP contribution in [0.2, 0.25) is 0 Å². The molecule has 1 aliphatic carbocycles. The molecule has 5 aromatic rings. The Morgan fingerprint density at radius 3 is 2.58 bits per heavy atom. The number of fused-ring (bicyclic) bond motifs is 3. The number of benzene rings is 4. The second-order valence-electron chi connectivity index (χ2n) is 15.8. The number of hydrogen-bond donors (Lipinski definition) is 5. The Bertz CT molecular complexity index is 2400. The summed E-state index contributed by atoms with van der Waals surface area (Å²) in [7, 11) is 0. The molecule has 7 rings (SSSR count). The van der Waals surface area contributed by atoms with Crippen LogP contribution in [0.4, 0.5) is 0 Å². The third-order valence-electron chi connectivity index (χ3n) is 11.5. The summed E-state index contributed by atoms with van der Waals surface area (Å²) in [5, 5.41) is 25.1. The highest BCUT2D eigenvalue weighted by atomic mass is 16.5. The molecule has 8 heteroatoms. The average molecular weight is 788 g/mol. The van der Waals surface area contributed by atoms with Crippen LogP contribution in [0, 0.1) is 17.8 Å². The van der Waals surface area contributed by atoms with Gasteiger partial charge in [-0.1, -0.05) is 79.8 Å². The highest BCUT2D eigenvalue weighted by Crippen LogP contribution is 2.40. The molecule has 3 unspecified atom stereocenters. The van der Waals surface area contributed by atoms with E-state index in [1.807, 2.05) is 48.7 Å². The fourth-order valence-corrected chi connectivity index (χ4v) is 8.01. The summed E-state index contributed by atoms with van der Waals surface area (Å²) < 4.78 is 6.09. The monoisotopic (exact) mass is 787 g/mol. The van der Waals surface area contributed by atoms with E-state index < -0.39 is 5.92 Å². The highest BCUT2D eigenvalue weighted by Gasteiger charge is 2.28. The molecule has 0 radical (unpaired) electrons. The first-order valence-corrected chi connectivity index (χ1v) is 20.8. The number of carbonyl (C=O) groups is 2. The topological polar surface area (TPSA) is 138 Å². The third-order valence-corrected chi connectivity index (χ3v) is 11.5. The maximum Gasteiger partial charge on any atom is 0.165 e. The van der Waals surface area contributed by atoms with Crippen molar-refractivity contribution in [2.75, 3.05) is 6.61 Å². The largest absolute Gasteiger partial charge is 0.508 e. The van der Waals surface area contributed by atoms with Crippen molar-refractivity contribution in [1.29, 1.82) is 0 Å². The lowest BCUT2D eigenvalue weighted by molar-refractivity contribution is -0.114. The maximum absolute atomic E-state index is 13.9. The summed E-state index contributed by atoms with van der Waals surface area (Å²) >= 11 is 0. The van der Waals surface area contributed by atoms with Crippen LogP contribution in [0.5, 0.6) is 17.2 Å². The number of phenolic OH excluding ortho intramolecular Hbond substituents is 2. The molecule has 3 atom stereocenters. The van der Waals surface area contributed by atoms with Gasteiger partial charge in [0, 0.05) is 53.8 Å². The number of ketones is 2. The average Bonchev–Trinajstić information content (AvgIpc) is 3.72. The van der Waals surface area contributed by atoms with Gasteiger partial charge >= 0.3 is 0 Å². The van der Waals surface area contributed by atoms with Gasteiger partial charge in [0.2, 0.25) is 0 Å². The molecule has 2 aliphatic rings. The number of unbranched alkanes of at least 4 members (excludes halogenated alkanes) is 1. The number of Topliss-reactive ketones (excluding diaryl/α,β-unsaturated/α-hetero) is 1. The number of allylic oxidation sites excluding steroid dienone is 2. The molecule has 0 bridgehead atoms. The zero-order valence-electron chi connectivity index (χ0n) is 33.7. The van der Waals surface area contributed by atoms with Crippen LogP contribution in [-0.2, 0) is 30.5 Å².